The van der Waals surface area contributed by atoms with Crippen LogP contribution in [0.1, 0.15) is 12.8 Å². The number of nitrogens with zero attached hydrogens (tertiary/aromatic N) is 2. The maximum absolute atomic E-state index is 12.3. The zero-order chi connectivity index (χ0) is 13.9. The minimum absolute atomic E-state index is 0.0726. The van der Waals surface area contributed by atoms with E-state index in [4.69, 9.17) is 9.84 Å². The molecule has 112 valence electrons. The number of hydrogen-bond donors (Lipinski definition) is 1. The standard InChI is InChI=1S/C12H24N2O4S/c1-13-5-7-18-12(9-13)10-19(16,17)14-4-2-11(8-14)3-6-15/h11-12,15H,2-10H2,1H3. The molecular weight excluding hydrogens is 268 g/mol. The first-order valence-corrected chi connectivity index (χ1v) is 8.51. The van der Waals surface area contributed by atoms with E-state index in [9.17, 15) is 8.42 Å². The molecule has 2 fully saturated rings. The molecule has 2 unspecified atom stereocenters. The van der Waals surface area contributed by atoms with E-state index in [2.05, 4.69) is 4.90 Å². The van der Waals surface area contributed by atoms with E-state index in [0.717, 1.165) is 13.0 Å². The molecule has 0 saturated carbocycles. The van der Waals surface area contributed by atoms with E-state index in [1.807, 2.05) is 7.05 Å². The number of hydrogen-bond acceptors (Lipinski definition) is 5. The number of aliphatic hydroxyl groups is 1. The number of ether oxygens (including phenoxy) is 1. The molecule has 0 amide bonds. The van der Waals surface area contributed by atoms with Gasteiger partial charge in [0.2, 0.25) is 10.0 Å². The van der Waals surface area contributed by atoms with Crippen LogP contribution in [-0.2, 0) is 14.8 Å². The molecule has 2 rings (SSSR count). The van der Waals surface area contributed by atoms with Crippen LogP contribution in [0.2, 0.25) is 0 Å². The van der Waals surface area contributed by atoms with Gasteiger partial charge in [-0.05, 0) is 25.8 Å². The van der Waals surface area contributed by atoms with Gasteiger partial charge in [-0.2, -0.15) is 0 Å². The van der Waals surface area contributed by atoms with Crippen molar-refractivity contribution in [2.75, 3.05) is 52.2 Å². The second-order valence-corrected chi connectivity index (χ2v) is 7.57. The van der Waals surface area contributed by atoms with Gasteiger partial charge >= 0.3 is 0 Å². The Balaban J connectivity index is 1.88. The SMILES string of the molecule is CN1CCOC(CS(=O)(=O)N2CCC(CCO)C2)C1. The number of sulfonamides is 1. The molecule has 1 N–H and O–H groups in total. The minimum atomic E-state index is -3.23. The van der Waals surface area contributed by atoms with Gasteiger partial charge in [-0.3, -0.25) is 0 Å². The second-order valence-electron chi connectivity index (χ2n) is 5.56. The third-order valence-corrected chi connectivity index (χ3v) is 5.83. The quantitative estimate of drug-likeness (QED) is 0.729. The van der Waals surface area contributed by atoms with Crippen molar-refractivity contribution in [3.8, 4) is 0 Å². The molecule has 2 heterocycles. The number of morpholine rings is 1. The highest BCUT2D eigenvalue weighted by Gasteiger charge is 2.33. The lowest BCUT2D eigenvalue weighted by Crippen LogP contribution is -2.45. The van der Waals surface area contributed by atoms with Crippen LogP contribution in [0.5, 0.6) is 0 Å². The Bertz CT molecular complexity index is 387. The van der Waals surface area contributed by atoms with Crippen LogP contribution in [0.15, 0.2) is 0 Å². The molecule has 0 spiro atoms. The van der Waals surface area contributed by atoms with Gasteiger partial charge in [0.05, 0.1) is 18.5 Å². The van der Waals surface area contributed by atoms with Gasteiger partial charge in [0, 0.05) is 32.8 Å². The predicted octanol–water partition coefficient (Wildman–Crippen LogP) is -0.649. The summed E-state index contributed by atoms with van der Waals surface area (Å²) in [6, 6.07) is 0. The van der Waals surface area contributed by atoms with Gasteiger partial charge in [-0.25, -0.2) is 12.7 Å². The van der Waals surface area contributed by atoms with Crippen molar-refractivity contribution in [1.82, 2.24) is 9.21 Å². The lowest BCUT2D eigenvalue weighted by molar-refractivity contribution is -0.00723. The van der Waals surface area contributed by atoms with Crippen LogP contribution in [0, 0.1) is 5.92 Å². The minimum Gasteiger partial charge on any atom is -0.396 e. The van der Waals surface area contributed by atoms with E-state index in [-0.39, 0.29) is 18.5 Å². The van der Waals surface area contributed by atoms with Gasteiger partial charge in [-0.15, -0.1) is 0 Å². The fourth-order valence-electron chi connectivity index (χ4n) is 2.78. The van der Waals surface area contributed by atoms with Gasteiger partial charge < -0.3 is 14.7 Å². The van der Waals surface area contributed by atoms with Crippen molar-refractivity contribution >= 4 is 10.0 Å². The Morgan fingerprint density at radius 3 is 2.79 bits per heavy atom. The summed E-state index contributed by atoms with van der Waals surface area (Å²) in [5.41, 5.74) is 0. The first-order chi connectivity index (χ1) is 9.01. The Hall–Kier alpha value is -0.210. The molecule has 2 aliphatic heterocycles. The van der Waals surface area contributed by atoms with Gasteiger partial charge in [0.25, 0.3) is 0 Å². The molecule has 2 aliphatic rings. The topological polar surface area (TPSA) is 70.1 Å². The maximum atomic E-state index is 12.3. The summed E-state index contributed by atoms with van der Waals surface area (Å²) < 4.78 is 31.7. The van der Waals surface area contributed by atoms with Gasteiger partial charge in [0.1, 0.15) is 0 Å². The Morgan fingerprint density at radius 1 is 1.32 bits per heavy atom. The average molecular weight is 292 g/mol. The Kier molecular flexibility index (Phi) is 5.19. The molecule has 0 aromatic carbocycles. The molecule has 0 aliphatic carbocycles. The third kappa shape index (κ3) is 4.13. The fourth-order valence-corrected chi connectivity index (χ4v) is 4.48. The summed E-state index contributed by atoms with van der Waals surface area (Å²) in [4.78, 5) is 2.10. The van der Waals surface area contributed by atoms with Crippen molar-refractivity contribution in [1.29, 1.82) is 0 Å². The van der Waals surface area contributed by atoms with Crippen molar-refractivity contribution in [2.45, 2.75) is 18.9 Å². The van der Waals surface area contributed by atoms with E-state index < -0.39 is 10.0 Å². The zero-order valence-corrected chi connectivity index (χ0v) is 12.3. The summed E-state index contributed by atoms with van der Waals surface area (Å²) >= 11 is 0. The molecule has 0 aromatic rings. The second kappa shape index (κ2) is 6.49. The number of aliphatic hydroxyl groups excluding tert-OH is 1. The van der Waals surface area contributed by atoms with Crippen molar-refractivity contribution in [3.05, 3.63) is 0 Å². The molecule has 7 heteroatoms. The van der Waals surface area contributed by atoms with Crippen molar-refractivity contribution < 1.29 is 18.3 Å². The highest BCUT2D eigenvalue weighted by Crippen LogP contribution is 2.23. The summed E-state index contributed by atoms with van der Waals surface area (Å²) in [7, 11) is -1.25. The smallest absolute Gasteiger partial charge is 0.216 e. The first kappa shape index (κ1) is 15.2. The largest absolute Gasteiger partial charge is 0.396 e. The summed E-state index contributed by atoms with van der Waals surface area (Å²) in [5, 5.41) is 8.91. The van der Waals surface area contributed by atoms with Crippen LogP contribution in [0.25, 0.3) is 0 Å². The van der Waals surface area contributed by atoms with Crippen molar-refractivity contribution in [2.24, 2.45) is 5.92 Å². The molecule has 0 radical (unpaired) electrons. The van der Waals surface area contributed by atoms with Crippen LogP contribution in [0.4, 0.5) is 0 Å². The molecule has 2 atom stereocenters. The van der Waals surface area contributed by atoms with E-state index in [0.29, 0.717) is 38.6 Å². The monoisotopic (exact) mass is 292 g/mol. The highest BCUT2D eigenvalue weighted by atomic mass is 32.2. The lowest BCUT2D eigenvalue weighted by Gasteiger charge is -2.30. The third-order valence-electron chi connectivity index (χ3n) is 3.92. The van der Waals surface area contributed by atoms with Crippen LogP contribution >= 0.6 is 0 Å². The van der Waals surface area contributed by atoms with E-state index in [1.165, 1.54) is 0 Å². The predicted molar refractivity (Wildman–Crippen MR) is 72.4 cm³/mol. The maximum Gasteiger partial charge on any atom is 0.216 e. The van der Waals surface area contributed by atoms with Gasteiger partial charge in [-0.1, -0.05) is 0 Å². The molecule has 6 nitrogen and oxygen atoms in total. The fraction of sp³-hybridized carbons (Fsp3) is 1.00. The molecule has 19 heavy (non-hydrogen) atoms. The summed E-state index contributed by atoms with van der Waals surface area (Å²) in [6.45, 7) is 3.39. The summed E-state index contributed by atoms with van der Waals surface area (Å²) in [5.74, 6) is 0.373. The van der Waals surface area contributed by atoms with Crippen LogP contribution < -0.4 is 0 Å². The van der Waals surface area contributed by atoms with E-state index in [1.54, 1.807) is 4.31 Å². The zero-order valence-electron chi connectivity index (χ0n) is 11.5. The van der Waals surface area contributed by atoms with Gasteiger partial charge in [0.15, 0.2) is 0 Å². The molecule has 0 bridgehead atoms. The highest BCUT2D eigenvalue weighted by molar-refractivity contribution is 7.89. The number of likely N-dealkylation sites (N-methyl/N-ethyl adjacent to an activating group) is 1. The molecule has 0 aromatic heterocycles. The van der Waals surface area contributed by atoms with Crippen LogP contribution in [-0.4, -0.2) is 81.0 Å². The van der Waals surface area contributed by atoms with E-state index >= 15 is 0 Å². The Morgan fingerprint density at radius 2 is 2.11 bits per heavy atom. The number of rotatable bonds is 5. The Labute approximate surface area is 115 Å². The van der Waals surface area contributed by atoms with Crippen LogP contribution in [0.3, 0.4) is 0 Å². The van der Waals surface area contributed by atoms with Crippen molar-refractivity contribution in [3.63, 3.8) is 0 Å². The first-order valence-electron chi connectivity index (χ1n) is 6.90. The average Bonchev–Trinajstić information content (AvgIpc) is 2.78. The molecule has 2 saturated heterocycles. The summed E-state index contributed by atoms with van der Waals surface area (Å²) in [6.07, 6.45) is 1.32. The lowest BCUT2D eigenvalue weighted by atomic mass is 10.1. The molecular formula is C12H24N2O4S. The normalized spacial score (nSPS) is 30.8.